The van der Waals surface area contributed by atoms with Gasteiger partial charge in [-0.3, -0.25) is 0 Å². The van der Waals surface area contributed by atoms with E-state index in [1.54, 1.807) is 0 Å². The molecule has 0 N–H and O–H groups in total. The summed E-state index contributed by atoms with van der Waals surface area (Å²) in [7, 11) is 0. The van der Waals surface area contributed by atoms with Crippen LogP contribution in [-0.4, -0.2) is 52.2 Å². The standard InChI is InChI=1S/C64H126O7/c1-9-17-23-29-33-39-45-53-66-59(49-15-7)63(68-55-47-41-35-31-25-19-11-3)61(51-43-37-27-21-13-5)70-57-65-58-71-62(52-44-38-28-22-14-6)64(69-56-48-42-36-32-26-20-12-4)60(50-16-8)67-54-46-40-34-30-24-18-10-2/h61-62H,9-58H2,1-8H3. The minimum absolute atomic E-state index is 0.138. The van der Waals surface area contributed by atoms with E-state index < -0.39 is 0 Å². The lowest BCUT2D eigenvalue weighted by Gasteiger charge is -2.26. The molecule has 0 aromatic rings. The molecule has 0 fully saturated rings. The lowest BCUT2D eigenvalue weighted by molar-refractivity contribution is -0.167. The SMILES string of the molecule is CCCCCCCCCOC(CCC)=C(OCCCCCCCCC)C(CCCCCCC)OCOCOC(CCCCCCC)C(OCCCCCCCCC)=C(CCC)OCCCCCCCCC. The Morgan fingerprint density at radius 2 is 0.493 bits per heavy atom. The van der Waals surface area contributed by atoms with Gasteiger partial charge in [0.25, 0.3) is 0 Å². The summed E-state index contributed by atoms with van der Waals surface area (Å²) in [6, 6.07) is 0. The number of ether oxygens (including phenoxy) is 7. The molecule has 7 heteroatoms. The molecule has 0 saturated carbocycles. The molecule has 7 nitrogen and oxygen atoms in total. The first kappa shape index (κ1) is 69.6. The molecular formula is C64H126O7. The molecule has 0 bridgehead atoms. The summed E-state index contributed by atoms with van der Waals surface area (Å²) >= 11 is 0. The number of hydrogen-bond acceptors (Lipinski definition) is 7. The Kier molecular flexibility index (Phi) is 56.7. The molecule has 71 heavy (non-hydrogen) atoms. The second kappa shape index (κ2) is 57.8. The highest BCUT2D eigenvalue weighted by molar-refractivity contribution is 5.09. The van der Waals surface area contributed by atoms with Crippen LogP contribution in [0.1, 0.15) is 338 Å². The van der Waals surface area contributed by atoms with E-state index in [1.807, 2.05) is 0 Å². The Morgan fingerprint density at radius 1 is 0.254 bits per heavy atom. The van der Waals surface area contributed by atoms with Crippen molar-refractivity contribution in [2.75, 3.05) is 40.0 Å². The largest absolute Gasteiger partial charge is 0.494 e. The molecule has 0 amide bonds. The van der Waals surface area contributed by atoms with Gasteiger partial charge in [0.2, 0.25) is 0 Å². The van der Waals surface area contributed by atoms with Gasteiger partial charge in [-0.1, -0.05) is 274 Å². The van der Waals surface area contributed by atoms with Gasteiger partial charge in [0.15, 0.2) is 25.1 Å². The normalized spacial score (nSPS) is 13.3. The van der Waals surface area contributed by atoms with Gasteiger partial charge >= 0.3 is 0 Å². The number of allylic oxidation sites excluding steroid dienone is 2. The highest BCUT2D eigenvalue weighted by Gasteiger charge is 2.25. The van der Waals surface area contributed by atoms with Crippen LogP contribution in [0, 0.1) is 0 Å². The van der Waals surface area contributed by atoms with Crippen molar-refractivity contribution in [3.05, 3.63) is 23.0 Å². The Hall–Kier alpha value is -1.44. The zero-order valence-corrected chi connectivity index (χ0v) is 49.4. The molecule has 0 aliphatic heterocycles. The molecular weight excluding hydrogens is 881 g/mol. The highest BCUT2D eigenvalue weighted by Crippen LogP contribution is 2.28. The fourth-order valence-corrected chi connectivity index (χ4v) is 9.43. The third-order valence-electron chi connectivity index (χ3n) is 14.0. The minimum atomic E-state index is -0.219. The van der Waals surface area contributed by atoms with E-state index in [9.17, 15) is 0 Å². The molecule has 424 valence electrons. The first-order valence-corrected chi connectivity index (χ1v) is 31.9. The predicted molar refractivity (Wildman–Crippen MR) is 307 cm³/mol. The van der Waals surface area contributed by atoms with E-state index in [0.717, 1.165) is 113 Å². The Labute approximate surface area is 444 Å². The number of rotatable bonds is 60. The van der Waals surface area contributed by atoms with Crippen LogP contribution < -0.4 is 0 Å². The lowest BCUT2D eigenvalue weighted by atomic mass is 10.0. The van der Waals surface area contributed by atoms with Crippen molar-refractivity contribution < 1.29 is 33.2 Å². The summed E-state index contributed by atoms with van der Waals surface area (Å²) in [4.78, 5) is 0. The summed E-state index contributed by atoms with van der Waals surface area (Å²) in [6.45, 7) is 21.4. The molecule has 2 atom stereocenters. The van der Waals surface area contributed by atoms with E-state index in [4.69, 9.17) is 33.2 Å². The fourth-order valence-electron chi connectivity index (χ4n) is 9.43. The van der Waals surface area contributed by atoms with Crippen LogP contribution in [0.5, 0.6) is 0 Å². The first-order valence-electron chi connectivity index (χ1n) is 31.9. The third-order valence-corrected chi connectivity index (χ3v) is 14.0. The average Bonchev–Trinajstić information content (AvgIpc) is 3.37. The molecule has 0 spiro atoms. The van der Waals surface area contributed by atoms with Crippen LogP contribution in [0.4, 0.5) is 0 Å². The van der Waals surface area contributed by atoms with E-state index >= 15 is 0 Å². The zero-order valence-electron chi connectivity index (χ0n) is 49.4. The fraction of sp³-hybridized carbons (Fsp3) is 0.938. The van der Waals surface area contributed by atoms with Crippen molar-refractivity contribution in [1.82, 2.24) is 0 Å². The molecule has 2 unspecified atom stereocenters. The van der Waals surface area contributed by atoms with Gasteiger partial charge in [0.05, 0.1) is 26.4 Å². The van der Waals surface area contributed by atoms with Crippen molar-refractivity contribution in [2.45, 2.75) is 350 Å². The van der Waals surface area contributed by atoms with Gasteiger partial charge in [-0.15, -0.1) is 0 Å². The number of unbranched alkanes of at least 4 members (excludes halogenated alkanes) is 32. The van der Waals surface area contributed by atoms with Gasteiger partial charge in [-0.05, 0) is 51.4 Å². The van der Waals surface area contributed by atoms with Crippen LogP contribution in [0.3, 0.4) is 0 Å². The quantitative estimate of drug-likeness (QED) is 0.0342. The molecule has 0 aliphatic carbocycles. The number of hydrogen-bond donors (Lipinski definition) is 0. The van der Waals surface area contributed by atoms with Crippen LogP contribution in [0.2, 0.25) is 0 Å². The smallest absolute Gasteiger partial charge is 0.162 e. The van der Waals surface area contributed by atoms with Gasteiger partial charge in [-0.25, -0.2) is 0 Å². The molecule has 0 radical (unpaired) electrons. The second-order valence-corrected chi connectivity index (χ2v) is 21.1. The summed E-state index contributed by atoms with van der Waals surface area (Å²) in [6.07, 6.45) is 52.5. The van der Waals surface area contributed by atoms with Gasteiger partial charge in [0.1, 0.15) is 23.7 Å². The maximum atomic E-state index is 6.85. The van der Waals surface area contributed by atoms with Gasteiger partial charge < -0.3 is 33.2 Å². The van der Waals surface area contributed by atoms with Crippen molar-refractivity contribution in [3.8, 4) is 0 Å². The van der Waals surface area contributed by atoms with Crippen molar-refractivity contribution in [1.29, 1.82) is 0 Å². The Balaban J connectivity index is 6.44. The van der Waals surface area contributed by atoms with Crippen LogP contribution >= 0.6 is 0 Å². The second-order valence-electron chi connectivity index (χ2n) is 21.1. The van der Waals surface area contributed by atoms with E-state index in [0.29, 0.717) is 13.2 Å². The Morgan fingerprint density at radius 3 is 0.761 bits per heavy atom. The van der Waals surface area contributed by atoms with E-state index in [-0.39, 0.29) is 25.8 Å². The Bertz CT molecular complexity index is 1020. The van der Waals surface area contributed by atoms with Crippen LogP contribution in [0.25, 0.3) is 0 Å². The lowest BCUT2D eigenvalue weighted by Crippen LogP contribution is -2.25. The van der Waals surface area contributed by atoms with E-state index in [1.165, 1.54) is 205 Å². The summed E-state index contributed by atoms with van der Waals surface area (Å²) in [5.41, 5.74) is 0. The molecule has 0 aromatic carbocycles. The molecule has 0 aliphatic rings. The topological polar surface area (TPSA) is 64.6 Å². The van der Waals surface area contributed by atoms with Gasteiger partial charge in [-0.2, -0.15) is 0 Å². The van der Waals surface area contributed by atoms with Crippen molar-refractivity contribution in [2.24, 2.45) is 0 Å². The molecule has 0 saturated heterocycles. The minimum Gasteiger partial charge on any atom is -0.494 e. The third kappa shape index (κ3) is 44.6. The highest BCUT2D eigenvalue weighted by atomic mass is 16.7. The predicted octanol–water partition coefficient (Wildman–Crippen LogP) is 21.5. The van der Waals surface area contributed by atoms with Crippen molar-refractivity contribution in [3.63, 3.8) is 0 Å². The van der Waals surface area contributed by atoms with Crippen molar-refractivity contribution >= 4 is 0 Å². The monoisotopic (exact) mass is 1010 g/mol. The maximum absolute atomic E-state index is 6.85. The summed E-state index contributed by atoms with van der Waals surface area (Å²) in [5.74, 6) is 3.81. The molecule has 0 heterocycles. The average molecular weight is 1010 g/mol. The van der Waals surface area contributed by atoms with Crippen LogP contribution in [-0.2, 0) is 33.2 Å². The summed E-state index contributed by atoms with van der Waals surface area (Å²) in [5, 5.41) is 0. The first-order chi connectivity index (χ1) is 35.1. The molecule has 0 rings (SSSR count). The van der Waals surface area contributed by atoms with E-state index in [2.05, 4.69) is 55.4 Å². The molecule has 0 aromatic heterocycles. The van der Waals surface area contributed by atoms with Crippen LogP contribution in [0.15, 0.2) is 23.0 Å². The zero-order chi connectivity index (χ0) is 51.8. The maximum Gasteiger partial charge on any atom is 0.162 e. The summed E-state index contributed by atoms with van der Waals surface area (Å²) < 4.78 is 47.1. The van der Waals surface area contributed by atoms with Gasteiger partial charge in [0, 0.05) is 12.8 Å².